The normalized spacial score (nSPS) is 10.9. The Morgan fingerprint density at radius 3 is 2.43 bits per heavy atom. The van der Waals surface area contributed by atoms with Gasteiger partial charge in [-0.2, -0.15) is 0 Å². The van der Waals surface area contributed by atoms with Crippen molar-refractivity contribution in [2.75, 3.05) is 0 Å². The van der Waals surface area contributed by atoms with Crippen molar-refractivity contribution in [1.29, 1.82) is 0 Å². The minimum atomic E-state index is -0.290. The van der Waals surface area contributed by atoms with E-state index in [0.717, 1.165) is 27.9 Å². The maximum Gasteiger partial charge on any atom is 0.251 e. The van der Waals surface area contributed by atoms with Crippen LogP contribution >= 0.6 is 11.8 Å². The van der Waals surface area contributed by atoms with E-state index in [0.29, 0.717) is 24.6 Å². The lowest BCUT2D eigenvalue weighted by Gasteiger charge is -2.10. The molecule has 0 aliphatic carbocycles. The van der Waals surface area contributed by atoms with E-state index in [1.807, 2.05) is 30.3 Å². The predicted octanol–water partition coefficient (Wildman–Crippen LogP) is 4.95. The molecule has 1 amide bonds. The Morgan fingerprint density at radius 2 is 1.80 bits per heavy atom. The highest BCUT2D eigenvalue weighted by Gasteiger charge is 2.14. The van der Waals surface area contributed by atoms with Gasteiger partial charge in [-0.3, -0.25) is 4.79 Å². The molecule has 1 heterocycles. The van der Waals surface area contributed by atoms with Crippen molar-refractivity contribution in [2.45, 2.75) is 43.8 Å². The third-order valence-corrected chi connectivity index (χ3v) is 5.56. The van der Waals surface area contributed by atoms with Gasteiger partial charge in [0, 0.05) is 30.3 Å². The van der Waals surface area contributed by atoms with Gasteiger partial charge in [-0.1, -0.05) is 56.0 Å². The topological polar surface area (TPSA) is 59.8 Å². The zero-order chi connectivity index (χ0) is 21.5. The van der Waals surface area contributed by atoms with Gasteiger partial charge < -0.3 is 9.88 Å². The highest BCUT2D eigenvalue weighted by molar-refractivity contribution is 7.98. The van der Waals surface area contributed by atoms with Crippen molar-refractivity contribution in [3.05, 3.63) is 89.5 Å². The van der Waals surface area contributed by atoms with E-state index < -0.39 is 0 Å². The van der Waals surface area contributed by atoms with E-state index in [4.69, 9.17) is 0 Å². The Bertz CT molecular complexity index is 997. The number of nitrogens with zero attached hydrogens (tertiary/aromatic N) is 3. The van der Waals surface area contributed by atoms with Crippen molar-refractivity contribution in [3.8, 4) is 0 Å². The van der Waals surface area contributed by atoms with Gasteiger partial charge >= 0.3 is 0 Å². The number of aromatic nitrogens is 3. The Hall–Kier alpha value is -2.93. The summed E-state index contributed by atoms with van der Waals surface area (Å²) in [5, 5.41) is 12.3. The zero-order valence-corrected chi connectivity index (χ0v) is 18.0. The van der Waals surface area contributed by atoms with Crippen LogP contribution in [0.1, 0.15) is 47.1 Å². The number of thioether (sulfide) groups is 1. The van der Waals surface area contributed by atoms with Crippen LogP contribution in [-0.2, 0) is 18.8 Å². The molecular weight excluding hydrogens is 399 g/mol. The maximum absolute atomic E-state index is 13.0. The third-order valence-electron chi connectivity index (χ3n) is 4.52. The molecule has 0 bridgehead atoms. The number of carbonyl (C=O) groups is 1. The van der Waals surface area contributed by atoms with Crippen LogP contribution in [0, 0.1) is 5.82 Å². The van der Waals surface area contributed by atoms with Crippen LogP contribution in [0.4, 0.5) is 4.39 Å². The van der Waals surface area contributed by atoms with Crippen molar-refractivity contribution in [3.63, 3.8) is 0 Å². The molecule has 0 saturated heterocycles. The molecule has 0 saturated carbocycles. The fourth-order valence-corrected chi connectivity index (χ4v) is 3.83. The van der Waals surface area contributed by atoms with Crippen molar-refractivity contribution >= 4 is 17.7 Å². The minimum absolute atomic E-state index is 0.161. The first-order chi connectivity index (χ1) is 14.5. The number of nitrogens with one attached hydrogen (secondary N) is 1. The Morgan fingerprint density at radius 1 is 1.13 bits per heavy atom. The number of amides is 1. The third kappa shape index (κ3) is 5.57. The fourth-order valence-electron chi connectivity index (χ4n) is 2.92. The number of carbonyl (C=O) groups excluding carboxylic acids is 1. The molecule has 0 aliphatic heterocycles. The van der Waals surface area contributed by atoms with Gasteiger partial charge in [0.2, 0.25) is 0 Å². The average Bonchev–Trinajstić information content (AvgIpc) is 3.15. The largest absolute Gasteiger partial charge is 0.348 e. The Balaban J connectivity index is 1.57. The van der Waals surface area contributed by atoms with E-state index in [1.54, 1.807) is 23.9 Å². The summed E-state index contributed by atoms with van der Waals surface area (Å²) in [5.74, 6) is 1.52. The summed E-state index contributed by atoms with van der Waals surface area (Å²) in [7, 11) is 0. The van der Waals surface area contributed by atoms with Crippen LogP contribution in [0.2, 0.25) is 0 Å². The monoisotopic (exact) mass is 424 g/mol. The van der Waals surface area contributed by atoms with Crippen LogP contribution in [0.25, 0.3) is 0 Å². The number of hydrogen-bond donors (Lipinski definition) is 1. The first kappa shape index (κ1) is 21.8. The second-order valence-corrected chi connectivity index (χ2v) is 8.13. The summed E-state index contributed by atoms with van der Waals surface area (Å²) >= 11 is 1.61. The van der Waals surface area contributed by atoms with Gasteiger partial charge in [0.25, 0.3) is 5.91 Å². The molecule has 5 nitrogen and oxygen atoms in total. The Kier molecular flexibility index (Phi) is 7.41. The number of rotatable bonds is 9. The Labute approximate surface area is 180 Å². The first-order valence-corrected chi connectivity index (χ1v) is 10.7. The standard InChI is InChI=1S/C23H25FN4OS/c1-4-13-28-21(16(2)3)26-27-23(28)30-15-18-5-9-19(10-6-18)22(29)25-14-17-7-11-20(24)12-8-17/h4-12,16H,1,13-15H2,2-3H3,(H,25,29). The van der Waals surface area contributed by atoms with Crippen molar-refractivity contribution < 1.29 is 9.18 Å². The van der Waals surface area contributed by atoms with Gasteiger partial charge in [-0.25, -0.2) is 4.39 Å². The molecule has 3 aromatic rings. The highest BCUT2D eigenvalue weighted by atomic mass is 32.2. The second kappa shape index (κ2) is 10.2. The SMILES string of the molecule is C=CCn1c(SCc2ccc(C(=O)NCc3ccc(F)cc3)cc2)nnc1C(C)C. The lowest BCUT2D eigenvalue weighted by molar-refractivity contribution is 0.0951. The molecule has 1 aromatic heterocycles. The van der Waals surface area contributed by atoms with Gasteiger partial charge in [0.1, 0.15) is 11.6 Å². The summed E-state index contributed by atoms with van der Waals surface area (Å²) < 4.78 is 15.0. The smallest absolute Gasteiger partial charge is 0.251 e. The van der Waals surface area contributed by atoms with Crippen LogP contribution < -0.4 is 5.32 Å². The first-order valence-electron chi connectivity index (χ1n) is 9.76. The van der Waals surface area contributed by atoms with Crippen LogP contribution in [-0.4, -0.2) is 20.7 Å². The fraction of sp³-hybridized carbons (Fsp3) is 0.261. The number of hydrogen-bond acceptors (Lipinski definition) is 4. The summed E-state index contributed by atoms with van der Waals surface area (Å²) in [6.07, 6.45) is 1.85. The molecule has 7 heteroatoms. The predicted molar refractivity (Wildman–Crippen MR) is 118 cm³/mol. The molecule has 0 unspecified atom stereocenters. The molecule has 0 radical (unpaired) electrons. The molecule has 0 fully saturated rings. The molecule has 0 aliphatic rings. The maximum atomic E-state index is 13.0. The van der Waals surface area contributed by atoms with E-state index in [2.05, 4.69) is 40.5 Å². The zero-order valence-electron chi connectivity index (χ0n) is 17.1. The van der Waals surface area contributed by atoms with Crippen molar-refractivity contribution in [2.24, 2.45) is 0 Å². The van der Waals surface area contributed by atoms with Crippen LogP contribution in [0.15, 0.2) is 66.3 Å². The molecule has 0 atom stereocenters. The lowest BCUT2D eigenvalue weighted by Crippen LogP contribution is -2.22. The molecule has 0 spiro atoms. The molecule has 1 N–H and O–H groups in total. The minimum Gasteiger partial charge on any atom is -0.348 e. The number of halogens is 1. The molecule has 2 aromatic carbocycles. The van der Waals surface area contributed by atoms with E-state index in [1.165, 1.54) is 12.1 Å². The number of benzene rings is 2. The molecular formula is C23H25FN4OS. The average molecular weight is 425 g/mol. The van der Waals surface area contributed by atoms with Crippen molar-refractivity contribution in [1.82, 2.24) is 20.1 Å². The van der Waals surface area contributed by atoms with E-state index in [-0.39, 0.29) is 11.7 Å². The lowest BCUT2D eigenvalue weighted by atomic mass is 10.1. The summed E-state index contributed by atoms with van der Waals surface area (Å²) in [5.41, 5.74) is 2.53. The van der Waals surface area contributed by atoms with Crippen LogP contribution in [0.5, 0.6) is 0 Å². The summed E-state index contributed by atoms with van der Waals surface area (Å²) in [4.78, 5) is 12.3. The highest BCUT2D eigenvalue weighted by Crippen LogP contribution is 2.24. The molecule has 156 valence electrons. The van der Waals surface area contributed by atoms with Gasteiger partial charge in [-0.05, 0) is 35.4 Å². The quantitative estimate of drug-likeness (QED) is 0.390. The van der Waals surface area contributed by atoms with Crippen LogP contribution in [0.3, 0.4) is 0 Å². The summed E-state index contributed by atoms with van der Waals surface area (Å²) in [6, 6.07) is 13.6. The second-order valence-electron chi connectivity index (χ2n) is 7.19. The van der Waals surface area contributed by atoms with Gasteiger partial charge in [0.15, 0.2) is 5.16 Å². The van der Waals surface area contributed by atoms with Gasteiger partial charge in [0.05, 0.1) is 0 Å². The summed E-state index contributed by atoms with van der Waals surface area (Å²) in [6.45, 7) is 9.04. The van der Waals surface area contributed by atoms with E-state index in [9.17, 15) is 9.18 Å². The van der Waals surface area contributed by atoms with Gasteiger partial charge in [-0.15, -0.1) is 16.8 Å². The molecule has 30 heavy (non-hydrogen) atoms. The number of allylic oxidation sites excluding steroid dienone is 1. The van der Waals surface area contributed by atoms with E-state index >= 15 is 0 Å². The molecule has 3 rings (SSSR count).